The van der Waals surface area contributed by atoms with Gasteiger partial charge in [0.1, 0.15) is 5.92 Å². The zero-order chi connectivity index (χ0) is 18.4. The summed E-state index contributed by atoms with van der Waals surface area (Å²) in [7, 11) is 0. The molecular weight excluding hydrogens is 364 g/mol. The largest absolute Gasteiger partial charge is 0.341 e. The lowest BCUT2D eigenvalue weighted by Crippen LogP contribution is -2.55. The lowest BCUT2D eigenvalue weighted by atomic mass is 9.79. The SMILES string of the molecule is CC1(C)CN(C(=O)C2CCN(c3ccc(F)c(F)c3)C2=O)CCC1N.Cl. The summed E-state index contributed by atoms with van der Waals surface area (Å²) in [5.41, 5.74) is 6.18. The number of hydrogen-bond donors (Lipinski definition) is 1. The average Bonchev–Trinajstić information content (AvgIpc) is 2.93. The average molecular weight is 388 g/mol. The van der Waals surface area contributed by atoms with Gasteiger partial charge in [0.2, 0.25) is 11.8 Å². The van der Waals surface area contributed by atoms with Crippen molar-refractivity contribution in [2.45, 2.75) is 32.7 Å². The third-order valence-electron chi connectivity index (χ3n) is 5.34. The Bertz CT molecular complexity index is 714. The van der Waals surface area contributed by atoms with Gasteiger partial charge < -0.3 is 15.5 Å². The van der Waals surface area contributed by atoms with E-state index < -0.39 is 17.6 Å². The number of carbonyl (C=O) groups excluding carboxylic acids is 2. The third kappa shape index (κ3) is 3.69. The minimum Gasteiger partial charge on any atom is -0.341 e. The molecule has 2 amide bonds. The van der Waals surface area contributed by atoms with E-state index in [9.17, 15) is 18.4 Å². The molecule has 8 heteroatoms. The second kappa shape index (κ2) is 7.48. The van der Waals surface area contributed by atoms with Crippen molar-refractivity contribution in [1.29, 1.82) is 0 Å². The number of benzene rings is 1. The lowest BCUT2D eigenvalue weighted by molar-refractivity contribution is -0.142. The van der Waals surface area contributed by atoms with Gasteiger partial charge in [-0.2, -0.15) is 0 Å². The Morgan fingerprint density at radius 2 is 1.88 bits per heavy atom. The molecule has 2 aliphatic heterocycles. The Kier molecular flexibility index (Phi) is 5.92. The molecule has 2 unspecified atom stereocenters. The van der Waals surface area contributed by atoms with Crippen LogP contribution >= 0.6 is 12.4 Å². The minimum absolute atomic E-state index is 0. The van der Waals surface area contributed by atoms with Crippen LogP contribution < -0.4 is 10.6 Å². The first-order valence-corrected chi connectivity index (χ1v) is 8.51. The molecule has 2 saturated heterocycles. The number of halogens is 3. The van der Waals surface area contributed by atoms with Crippen LogP contribution in [0.15, 0.2) is 18.2 Å². The molecular formula is C18H24ClF2N3O2. The molecule has 0 aromatic heterocycles. The maximum Gasteiger partial charge on any atom is 0.239 e. The van der Waals surface area contributed by atoms with Crippen molar-refractivity contribution in [3.05, 3.63) is 29.8 Å². The quantitative estimate of drug-likeness (QED) is 0.792. The summed E-state index contributed by atoms with van der Waals surface area (Å²) in [6.07, 6.45) is 1.08. The van der Waals surface area contributed by atoms with E-state index in [0.29, 0.717) is 32.5 Å². The van der Waals surface area contributed by atoms with Crippen LogP contribution in [0.5, 0.6) is 0 Å². The summed E-state index contributed by atoms with van der Waals surface area (Å²) in [5.74, 6) is -3.29. The number of carbonyl (C=O) groups is 2. The van der Waals surface area contributed by atoms with Gasteiger partial charge in [-0.3, -0.25) is 9.59 Å². The number of amides is 2. The number of rotatable bonds is 2. The fraction of sp³-hybridized carbons (Fsp3) is 0.556. The molecule has 0 radical (unpaired) electrons. The van der Waals surface area contributed by atoms with E-state index in [-0.39, 0.29) is 41.4 Å². The van der Waals surface area contributed by atoms with Crippen molar-refractivity contribution >= 4 is 29.9 Å². The van der Waals surface area contributed by atoms with Crippen molar-refractivity contribution in [1.82, 2.24) is 4.90 Å². The van der Waals surface area contributed by atoms with E-state index in [1.54, 1.807) is 4.90 Å². The Morgan fingerprint density at radius 1 is 1.19 bits per heavy atom. The molecule has 2 heterocycles. The number of nitrogens with two attached hydrogens (primary N) is 1. The minimum atomic E-state index is -1.01. The predicted molar refractivity (Wildman–Crippen MR) is 97.0 cm³/mol. The van der Waals surface area contributed by atoms with Crippen LogP contribution in [0, 0.1) is 23.0 Å². The molecule has 5 nitrogen and oxygen atoms in total. The first-order chi connectivity index (χ1) is 11.7. The normalized spacial score (nSPS) is 25.2. The number of anilines is 1. The molecule has 2 N–H and O–H groups in total. The van der Waals surface area contributed by atoms with Gasteiger partial charge in [0.05, 0.1) is 0 Å². The monoisotopic (exact) mass is 387 g/mol. The highest BCUT2D eigenvalue weighted by Crippen LogP contribution is 2.32. The zero-order valence-electron chi connectivity index (χ0n) is 14.9. The van der Waals surface area contributed by atoms with Crippen LogP contribution in [0.1, 0.15) is 26.7 Å². The summed E-state index contributed by atoms with van der Waals surface area (Å²) in [4.78, 5) is 28.5. The highest BCUT2D eigenvalue weighted by atomic mass is 35.5. The van der Waals surface area contributed by atoms with Crippen LogP contribution in [-0.2, 0) is 9.59 Å². The third-order valence-corrected chi connectivity index (χ3v) is 5.34. The summed E-state index contributed by atoms with van der Waals surface area (Å²) in [5, 5.41) is 0. The van der Waals surface area contributed by atoms with E-state index in [1.807, 2.05) is 13.8 Å². The maximum absolute atomic E-state index is 13.4. The topological polar surface area (TPSA) is 66.6 Å². The van der Waals surface area contributed by atoms with Gasteiger partial charge in [-0.25, -0.2) is 8.78 Å². The van der Waals surface area contributed by atoms with Crippen molar-refractivity contribution in [2.24, 2.45) is 17.1 Å². The van der Waals surface area contributed by atoms with Crippen LogP contribution in [-0.4, -0.2) is 42.4 Å². The van der Waals surface area contributed by atoms with E-state index in [0.717, 1.165) is 12.1 Å². The van der Waals surface area contributed by atoms with Gasteiger partial charge in [0.25, 0.3) is 0 Å². The standard InChI is InChI=1S/C18H23F2N3O2.ClH/c1-18(2)10-22(7-6-15(18)21)16(24)12-5-8-23(17(12)25)11-3-4-13(19)14(20)9-11;/h3-4,9,12,15H,5-8,10,21H2,1-2H3;1H. The maximum atomic E-state index is 13.4. The zero-order valence-corrected chi connectivity index (χ0v) is 15.7. The van der Waals surface area contributed by atoms with Gasteiger partial charge in [-0.1, -0.05) is 13.8 Å². The van der Waals surface area contributed by atoms with Gasteiger partial charge in [0.15, 0.2) is 11.6 Å². The number of nitrogens with zero attached hydrogens (tertiary/aromatic N) is 2. The first-order valence-electron chi connectivity index (χ1n) is 8.51. The number of hydrogen-bond acceptors (Lipinski definition) is 3. The first kappa shape index (κ1) is 20.6. The Hall–Kier alpha value is -1.73. The molecule has 2 aliphatic rings. The second-order valence-corrected chi connectivity index (χ2v) is 7.57. The molecule has 3 rings (SSSR count). The summed E-state index contributed by atoms with van der Waals surface area (Å²) < 4.78 is 26.5. The van der Waals surface area contributed by atoms with Crippen LogP contribution in [0.3, 0.4) is 0 Å². The van der Waals surface area contributed by atoms with E-state index in [1.165, 1.54) is 11.0 Å². The summed E-state index contributed by atoms with van der Waals surface area (Å²) in [6, 6.07) is 3.35. The summed E-state index contributed by atoms with van der Waals surface area (Å²) >= 11 is 0. The van der Waals surface area contributed by atoms with Crippen molar-refractivity contribution in [2.75, 3.05) is 24.5 Å². The molecule has 0 aliphatic carbocycles. The van der Waals surface area contributed by atoms with Crippen LogP contribution in [0.2, 0.25) is 0 Å². The van der Waals surface area contributed by atoms with Gasteiger partial charge in [-0.15, -0.1) is 12.4 Å². The molecule has 1 aromatic rings. The Balaban J connectivity index is 0.00000243. The number of piperidine rings is 1. The van der Waals surface area contributed by atoms with E-state index in [2.05, 4.69) is 0 Å². The Labute approximate surface area is 157 Å². The molecule has 1 aromatic carbocycles. The van der Waals surface area contributed by atoms with Crippen LogP contribution in [0.4, 0.5) is 14.5 Å². The highest BCUT2D eigenvalue weighted by molar-refractivity contribution is 6.09. The van der Waals surface area contributed by atoms with Gasteiger partial charge in [-0.05, 0) is 30.4 Å². The molecule has 0 spiro atoms. The highest BCUT2D eigenvalue weighted by Gasteiger charge is 2.43. The van der Waals surface area contributed by atoms with Crippen molar-refractivity contribution < 1.29 is 18.4 Å². The second-order valence-electron chi connectivity index (χ2n) is 7.57. The molecule has 0 bridgehead atoms. The van der Waals surface area contributed by atoms with E-state index in [4.69, 9.17) is 5.73 Å². The van der Waals surface area contributed by atoms with E-state index >= 15 is 0 Å². The fourth-order valence-corrected chi connectivity index (χ4v) is 3.60. The van der Waals surface area contributed by atoms with Crippen LogP contribution in [0.25, 0.3) is 0 Å². The Morgan fingerprint density at radius 3 is 2.50 bits per heavy atom. The van der Waals surface area contributed by atoms with Gasteiger partial charge in [0, 0.05) is 37.4 Å². The fourth-order valence-electron chi connectivity index (χ4n) is 3.60. The summed E-state index contributed by atoms with van der Waals surface area (Å²) in [6.45, 7) is 5.40. The van der Waals surface area contributed by atoms with Crippen molar-refractivity contribution in [3.8, 4) is 0 Å². The number of likely N-dealkylation sites (tertiary alicyclic amines) is 1. The molecule has 2 atom stereocenters. The molecule has 0 saturated carbocycles. The smallest absolute Gasteiger partial charge is 0.239 e. The lowest BCUT2D eigenvalue weighted by Gasteiger charge is -2.43. The molecule has 26 heavy (non-hydrogen) atoms. The molecule has 2 fully saturated rings. The predicted octanol–water partition coefficient (Wildman–Crippen LogP) is 2.33. The van der Waals surface area contributed by atoms with Crippen molar-refractivity contribution in [3.63, 3.8) is 0 Å². The molecule has 144 valence electrons. The van der Waals surface area contributed by atoms with Gasteiger partial charge >= 0.3 is 0 Å².